The van der Waals surface area contributed by atoms with Gasteiger partial charge in [0, 0.05) is 14.0 Å². The van der Waals surface area contributed by atoms with Crippen molar-refractivity contribution in [2.45, 2.75) is 6.10 Å². The third kappa shape index (κ3) is 2.89. The summed E-state index contributed by atoms with van der Waals surface area (Å²) in [4.78, 5) is 0. The van der Waals surface area contributed by atoms with Gasteiger partial charge in [0.2, 0.25) is 0 Å². The predicted molar refractivity (Wildman–Crippen MR) is 50.6 cm³/mol. The monoisotopic (exact) mass is 160 g/mol. The van der Waals surface area contributed by atoms with Crippen LogP contribution in [0.1, 0.15) is 5.56 Å². The van der Waals surface area contributed by atoms with Crippen LogP contribution in [0.25, 0.3) is 6.08 Å². The molecule has 0 bridgehead atoms. The molecule has 0 aliphatic carbocycles. The lowest BCUT2D eigenvalue weighted by Gasteiger charge is -2.00. The summed E-state index contributed by atoms with van der Waals surface area (Å²) in [6.07, 6.45) is 3.44. The Labute approximate surface area is 73.7 Å². The molecule has 1 nitrogen and oxygen atoms in total. The number of methoxy groups -OCH3 is 1. The third-order valence-electron chi connectivity index (χ3n) is 1.55. The highest BCUT2D eigenvalue weighted by Crippen LogP contribution is 2.02. The van der Waals surface area contributed by atoms with Crippen LogP contribution in [-0.4, -0.2) is 13.2 Å². The smallest absolute Gasteiger partial charge is 0.0791 e. The topological polar surface area (TPSA) is 9.23 Å². The van der Waals surface area contributed by atoms with Crippen LogP contribution in [-0.2, 0) is 4.74 Å². The number of hydrogen-bond acceptors (Lipinski definition) is 1. The molecule has 0 spiro atoms. The fourth-order valence-corrected chi connectivity index (χ4v) is 0.849. The zero-order chi connectivity index (χ0) is 8.81. The van der Waals surface area contributed by atoms with E-state index in [1.54, 1.807) is 7.11 Å². The highest BCUT2D eigenvalue weighted by atomic mass is 16.5. The summed E-state index contributed by atoms with van der Waals surface area (Å²) >= 11 is 0. The Morgan fingerprint density at radius 3 is 2.58 bits per heavy atom. The van der Waals surface area contributed by atoms with Crippen molar-refractivity contribution in [3.05, 3.63) is 48.9 Å². The molecule has 1 heteroatoms. The molecule has 0 aliphatic heterocycles. The summed E-state index contributed by atoms with van der Waals surface area (Å²) in [5.74, 6) is 0. The Bertz CT molecular complexity index is 238. The third-order valence-corrected chi connectivity index (χ3v) is 1.55. The van der Waals surface area contributed by atoms with Gasteiger partial charge in [-0.25, -0.2) is 0 Å². The van der Waals surface area contributed by atoms with Gasteiger partial charge in [-0.2, -0.15) is 0 Å². The van der Waals surface area contributed by atoms with E-state index in [1.165, 1.54) is 0 Å². The van der Waals surface area contributed by atoms with Crippen molar-refractivity contribution in [3.63, 3.8) is 0 Å². The normalized spacial score (nSPS) is 13.5. The first kappa shape index (κ1) is 9.01. The van der Waals surface area contributed by atoms with Crippen LogP contribution in [0.3, 0.4) is 0 Å². The zero-order valence-corrected chi connectivity index (χ0v) is 7.10. The van der Waals surface area contributed by atoms with E-state index < -0.39 is 0 Å². The van der Waals surface area contributed by atoms with E-state index in [4.69, 9.17) is 11.7 Å². The van der Waals surface area contributed by atoms with Gasteiger partial charge in [0.25, 0.3) is 0 Å². The van der Waals surface area contributed by atoms with E-state index in [0.717, 1.165) is 5.56 Å². The first-order valence-electron chi connectivity index (χ1n) is 3.84. The number of hydrogen-bond donors (Lipinski definition) is 0. The predicted octanol–water partition coefficient (Wildman–Crippen LogP) is 2.43. The molecular formula is C11H12O. The molecular weight excluding hydrogens is 148 g/mol. The van der Waals surface area contributed by atoms with E-state index in [0.29, 0.717) is 0 Å². The lowest BCUT2D eigenvalue weighted by atomic mass is 10.2. The fraction of sp³-hybridized carbons (Fsp3) is 0.182. The fourth-order valence-electron chi connectivity index (χ4n) is 0.849. The summed E-state index contributed by atoms with van der Waals surface area (Å²) in [7, 11) is 1.58. The molecule has 0 fully saturated rings. The van der Waals surface area contributed by atoms with Gasteiger partial charge in [0.05, 0.1) is 6.10 Å². The van der Waals surface area contributed by atoms with Gasteiger partial charge in [-0.05, 0) is 5.56 Å². The van der Waals surface area contributed by atoms with Crippen LogP contribution in [0, 0.1) is 6.92 Å². The zero-order valence-electron chi connectivity index (χ0n) is 7.10. The summed E-state index contributed by atoms with van der Waals surface area (Å²) in [5, 5.41) is 0. The quantitative estimate of drug-likeness (QED) is 0.659. The molecule has 1 atom stereocenters. The molecule has 12 heavy (non-hydrogen) atoms. The molecule has 0 saturated heterocycles. The summed E-state index contributed by atoms with van der Waals surface area (Å²) in [6, 6.07) is 9.97. The van der Waals surface area contributed by atoms with Crippen molar-refractivity contribution in [2.24, 2.45) is 0 Å². The molecule has 1 rings (SSSR count). The van der Waals surface area contributed by atoms with Gasteiger partial charge in [-0.15, -0.1) is 0 Å². The highest BCUT2D eigenvalue weighted by molar-refractivity contribution is 5.49. The summed E-state index contributed by atoms with van der Waals surface area (Å²) in [5.41, 5.74) is 1.13. The number of rotatable bonds is 3. The van der Waals surface area contributed by atoms with Gasteiger partial charge in [0.1, 0.15) is 0 Å². The van der Waals surface area contributed by atoms with Crippen LogP contribution in [0.2, 0.25) is 0 Å². The van der Waals surface area contributed by atoms with Crippen molar-refractivity contribution in [1.82, 2.24) is 0 Å². The molecule has 0 aromatic heterocycles. The highest BCUT2D eigenvalue weighted by Gasteiger charge is 1.90. The molecule has 1 aromatic carbocycles. The van der Waals surface area contributed by atoms with Crippen LogP contribution in [0.5, 0.6) is 0 Å². The van der Waals surface area contributed by atoms with Crippen molar-refractivity contribution in [1.29, 1.82) is 0 Å². The van der Waals surface area contributed by atoms with Gasteiger partial charge in [-0.1, -0.05) is 42.5 Å². The minimum atomic E-state index is -0.315. The average molecular weight is 160 g/mol. The second kappa shape index (κ2) is 4.73. The Hall–Kier alpha value is -1.08. The number of ether oxygens (including phenoxy) is 1. The lowest BCUT2D eigenvalue weighted by molar-refractivity contribution is 0.176. The Balaban J connectivity index is 2.58. The molecule has 0 saturated carbocycles. The maximum Gasteiger partial charge on any atom is 0.0791 e. The van der Waals surface area contributed by atoms with Crippen LogP contribution < -0.4 is 0 Å². The van der Waals surface area contributed by atoms with Gasteiger partial charge in [0.15, 0.2) is 0 Å². The first-order chi connectivity index (χ1) is 5.83. The number of benzene rings is 1. The van der Waals surface area contributed by atoms with E-state index >= 15 is 0 Å². The molecule has 0 N–H and O–H groups in total. The Morgan fingerprint density at radius 1 is 1.33 bits per heavy atom. The molecule has 0 heterocycles. The van der Waals surface area contributed by atoms with E-state index in [9.17, 15) is 0 Å². The second-order valence-electron chi connectivity index (χ2n) is 2.47. The largest absolute Gasteiger partial charge is 0.377 e. The van der Waals surface area contributed by atoms with Crippen LogP contribution >= 0.6 is 0 Å². The second-order valence-corrected chi connectivity index (χ2v) is 2.47. The van der Waals surface area contributed by atoms with Gasteiger partial charge in [-0.3, -0.25) is 0 Å². The van der Waals surface area contributed by atoms with E-state index in [2.05, 4.69) is 0 Å². The summed E-state index contributed by atoms with van der Waals surface area (Å²) in [6.45, 7) is 5.51. The lowest BCUT2D eigenvalue weighted by Crippen LogP contribution is -1.98. The minimum Gasteiger partial charge on any atom is -0.377 e. The first-order valence-corrected chi connectivity index (χ1v) is 3.84. The minimum absolute atomic E-state index is 0.315. The van der Waals surface area contributed by atoms with E-state index in [-0.39, 0.29) is 6.10 Å². The van der Waals surface area contributed by atoms with Crippen molar-refractivity contribution < 1.29 is 4.74 Å². The van der Waals surface area contributed by atoms with Gasteiger partial charge < -0.3 is 4.74 Å². The molecule has 2 radical (unpaired) electrons. The maximum atomic E-state index is 5.51. The molecule has 0 amide bonds. The Kier molecular flexibility index (Phi) is 3.55. The van der Waals surface area contributed by atoms with Crippen LogP contribution in [0.4, 0.5) is 0 Å². The molecule has 1 aromatic rings. The standard InChI is InChI=1S/C11H12O/c1-10(12-2)8-9-11-6-4-3-5-7-11/h1,3-10H,2H3/b9-8+. The molecule has 62 valence electrons. The van der Waals surface area contributed by atoms with Crippen molar-refractivity contribution >= 4 is 6.08 Å². The summed E-state index contributed by atoms with van der Waals surface area (Å²) < 4.78 is 4.86. The SMILES string of the molecule is [CH]C(/C=C/c1ccccc1)OC. The van der Waals surface area contributed by atoms with Crippen molar-refractivity contribution in [2.75, 3.05) is 7.11 Å². The maximum absolute atomic E-state index is 5.51. The Morgan fingerprint density at radius 2 is 2.00 bits per heavy atom. The van der Waals surface area contributed by atoms with E-state index in [1.807, 2.05) is 42.5 Å². The molecule has 0 aliphatic rings. The average Bonchev–Trinajstić information content (AvgIpc) is 2.16. The van der Waals surface area contributed by atoms with Gasteiger partial charge >= 0.3 is 0 Å². The molecule has 1 unspecified atom stereocenters. The van der Waals surface area contributed by atoms with Crippen molar-refractivity contribution in [3.8, 4) is 0 Å². The van der Waals surface area contributed by atoms with Crippen LogP contribution in [0.15, 0.2) is 36.4 Å².